The molecule has 0 bridgehead atoms. The van der Waals surface area contributed by atoms with Gasteiger partial charge in [0.25, 0.3) is 0 Å². The molecule has 4 aromatic rings. The summed E-state index contributed by atoms with van der Waals surface area (Å²) in [6.07, 6.45) is 1.72. The predicted octanol–water partition coefficient (Wildman–Crippen LogP) is 6.15. The largest absolute Gasteiger partial charge is 0.300 e. The number of piperidine rings is 1. The minimum atomic E-state index is -0.415. The first-order valence-corrected chi connectivity index (χ1v) is 12.4. The van der Waals surface area contributed by atoms with Crippen LogP contribution in [0.25, 0.3) is 10.8 Å². The van der Waals surface area contributed by atoms with Crippen LogP contribution in [0.5, 0.6) is 0 Å². The van der Waals surface area contributed by atoms with Gasteiger partial charge in [-0.3, -0.25) is 14.6 Å². The molecule has 0 atom stereocenters. The molecule has 2 heterocycles. The summed E-state index contributed by atoms with van der Waals surface area (Å²) >= 11 is 1.68. The van der Waals surface area contributed by atoms with E-state index in [-0.39, 0.29) is 5.91 Å². The van der Waals surface area contributed by atoms with Crippen molar-refractivity contribution < 1.29 is 4.79 Å². The van der Waals surface area contributed by atoms with Gasteiger partial charge in [0.05, 0.1) is 0 Å². The Kier molecular flexibility index (Phi) is 6.00. The first-order valence-electron chi connectivity index (χ1n) is 11.5. The van der Waals surface area contributed by atoms with E-state index in [2.05, 4.69) is 52.7 Å². The van der Waals surface area contributed by atoms with Gasteiger partial charge in [-0.2, -0.15) is 0 Å². The molecule has 1 aliphatic rings. The highest BCUT2D eigenvalue weighted by atomic mass is 32.1. The minimum Gasteiger partial charge on any atom is -0.300 e. The summed E-state index contributed by atoms with van der Waals surface area (Å²) in [7, 11) is 0. The van der Waals surface area contributed by atoms with Crippen LogP contribution in [0, 0.1) is 6.92 Å². The SMILES string of the molecule is CC(=O)N(c1ccccc1)C1(c2nc(C)cs2)CCN(Cc2cccc3ccccc23)CC1. The molecule has 0 radical (unpaired) electrons. The van der Waals surface area contributed by atoms with Crippen LogP contribution in [0.15, 0.2) is 78.2 Å². The molecule has 0 saturated carbocycles. The molecule has 1 fully saturated rings. The number of amides is 1. The molecule has 33 heavy (non-hydrogen) atoms. The van der Waals surface area contributed by atoms with Crippen molar-refractivity contribution in [2.75, 3.05) is 18.0 Å². The highest BCUT2D eigenvalue weighted by Crippen LogP contribution is 2.43. The fourth-order valence-corrected chi connectivity index (χ4v) is 6.21. The summed E-state index contributed by atoms with van der Waals surface area (Å²) in [6, 6.07) is 25.2. The van der Waals surface area contributed by atoms with Gasteiger partial charge in [0.15, 0.2) is 0 Å². The summed E-state index contributed by atoms with van der Waals surface area (Å²) in [5, 5.41) is 5.75. The first-order chi connectivity index (χ1) is 16.1. The zero-order chi connectivity index (χ0) is 22.8. The van der Waals surface area contributed by atoms with Gasteiger partial charge < -0.3 is 0 Å². The second-order valence-corrected chi connectivity index (χ2v) is 9.79. The van der Waals surface area contributed by atoms with E-state index in [1.807, 2.05) is 42.2 Å². The number of thiazole rings is 1. The number of carbonyl (C=O) groups is 1. The van der Waals surface area contributed by atoms with Crippen molar-refractivity contribution >= 4 is 33.7 Å². The lowest BCUT2D eigenvalue weighted by Gasteiger charge is -2.47. The Balaban J connectivity index is 1.46. The van der Waals surface area contributed by atoms with Gasteiger partial charge in [-0.25, -0.2) is 4.98 Å². The van der Waals surface area contributed by atoms with Gasteiger partial charge in [-0.15, -0.1) is 11.3 Å². The average Bonchev–Trinajstić information content (AvgIpc) is 3.28. The van der Waals surface area contributed by atoms with Crippen molar-refractivity contribution in [3.05, 3.63) is 94.4 Å². The fraction of sp³-hybridized carbons (Fsp3) is 0.286. The molecule has 1 saturated heterocycles. The van der Waals surface area contributed by atoms with E-state index in [1.54, 1.807) is 18.3 Å². The molecule has 1 aliphatic heterocycles. The molecule has 1 aromatic heterocycles. The minimum absolute atomic E-state index is 0.0663. The molecule has 0 spiro atoms. The van der Waals surface area contributed by atoms with E-state index >= 15 is 0 Å². The van der Waals surface area contributed by atoms with Crippen molar-refractivity contribution in [1.82, 2.24) is 9.88 Å². The van der Waals surface area contributed by atoms with Gasteiger partial charge in [-0.05, 0) is 48.2 Å². The zero-order valence-corrected chi connectivity index (χ0v) is 20.0. The van der Waals surface area contributed by atoms with Crippen LogP contribution in [0.4, 0.5) is 5.69 Å². The number of hydrogen-bond acceptors (Lipinski definition) is 4. The van der Waals surface area contributed by atoms with Crippen LogP contribution in [0.1, 0.15) is 36.0 Å². The molecule has 0 N–H and O–H groups in total. The number of benzene rings is 3. The molecule has 0 unspecified atom stereocenters. The standard InChI is InChI=1S/C28H29N3OS/c1-21-20-33-27(29-21)28(31(22(2)32)25-12-4-3-5-13-25)15-17-30(18-16-28)19-24-11-8-10-23-9-6-7-14-26(23)24/h3-14,20H,15-19H2,1-2H3. The maximum Gasteiger partial charge on any atom is 0.224 e. The Hall–Kier alpha value is -3.02. The zero-order valence-electron chi connectivity index (χ0n) is 19.2. The lowest BCUT2D eigenvalue weighted by molar-refractivity contribution is -0.118. The maximum atomic E-state index is 13.0. The Morgan fingerprint density at radius 3 is 2.39 bits per heavy atom. The topological polar surface area (TPSA) is 36.4 Å². The fourth-order valence-electron chi connectivity index (χ4n) is 5.16. The molecule has 168 valence electrons. The highest BCUT2D eigenvalue weighted by molar-refractivity contribution is 7.09. The number of para-hydroxylation sites is 1. The van der Waals surface area contributed by atoms with E-state index in [4.69, 9.17) is 4.98 Å². The Morgan fingerprint density at radius 1 is 1.00 bits per heavy atom. The lowest BCUT2D eigenvalue weighted by atomic mass is 9.85. The van der Waals surface area contributed by atoms with Crippen LogP contribution in [0.3, 0.4) is 0 Å². The van der Waals surface area contributed by atoms with Crippen LogP contribution in [-0.4, -0.2) is 28.9 Å². The van der Waals surface area contributed by atoms with Gasteiger partial charge in [0.1, 0.15) is 10.5 Å². The van der Waals surface area contributed by atoms with Gasteiger partial charge >= 0.3 is 0 Å². The maximum absolute atomic E-state index is 13.0. The van der Waals surface area contributed by atoms with Crippen molar-refractivity contribution in [3.63, 3.8) is 0 Å². The Morgan fingerprint density at radius 2 is 1.70 bits per heavy atom. The molecule has 5 heteroatoms. The number of hydrogen-bond donors (Lipinski definition) is 0. The quantitative estimate of drug-likeness (QED) is 0.362. The number of likely N-dealkylation sites (tertiary alicyclic amines) is 1. The third kappa shape index (κ3) is 4.19. The van der Waals surface area contributed by atoms with E-state index in [0.717, 1.165) is 48.9 Å². The number of nitrogens with zero attached hydrogens (tertiary/aromatic N) is 3. The van der Waals surface area contributed by atoms with E-state index in [0.29, 0.717) is 0 Å². The van der Waals surface area contributed by atoms with Gasteiger partial charge in [0.2, 0.25) is 5.91 Å². The van der Waals surface area contributed by atoms with Crippen molar-refractivity contribution in [2.45, 2.75) is 38.8 Å². The van der Waals surface area contributed by atoms with Crippen LogP contribution in [-0.2, 0) is 16.9 Å². The first kappa shape index (κ1) is 21.8. The number of rotatable bonds is 5. The molecule has 0 aliphatic carbocycles. The number of aromatic nitrogens is 1. The van der Waals surface area contributed by atoms with Crippen LogP contribution in [0.2, 0.25) is 0 Å². The molecule has 3 aromatic carbocycles. The number of fused-ring (bicyclic) bond motifs is 1. The average molecular weight is 456 g/mol. The summed E-state index contributed by atoms with van der Waals surface area (Å²) in [5.41, 5.74) is 2.91. The Bertz CT molecular complexity index is 1250. The number of aryl methyl sites for hydroxylation is 1. The molecule has 4 nitrogen and oxygen atoms in total. The summed E-state index contributed by atoms with van der Waals surface area (Å²) in [6.45, 7) is 6.46. The molecular formula is C28H29N3OS. The van der Waals surface area contributed by atoms with E-state index in [9.17, 15) is 4.79 Å². The third-order valence-corrected chi connectivity index (χ3v) is 7.89. The predicted molar refractivity (Wildman–Crippen MR) is 137 cm³/mol. The smallest absolute Gasteiger partial charge is 0.224 e. The highest BCUT2D eigenvalue weighted by Gasteiger charge is 2.45. The number of anilines is 1. The van der Waals surface area contributed by atoms with E-state index in [1.165, 1.54) is 16.3 Å². The summed E-state index contributed by atoms with van der Waals surface area (Å²) in [4.78, 5) is 22.4. The van der Waals surface area contributed by atoms with Crippen LogP contribution >= 0.6 is 11.3 Å². The summed E-state index contributed by atoms with van der Waals surface area (Å²) < 4.78 is 0. The monoisotopic (exact) mass is 455 g/mol. The summed E-state index contributed by atoms with van der Waals surface area (Å²) in [5.74, 6) is 0.0663. The van der Waals surface area contributed by atoms with Crippen molar-refractivity contribution in [1.29, 1.82) is 0 Å². The van der Waals surface area contributed by atoms with Crippen molar-refractivity contribution in [2.24, 2.45) is 0 Å². The Labute approximate surface area is 199 Å². The van der Waals surface area contributed by atoms with Gasteiger partial charge in [0, 0.05) is 43.3 Å². The number of carbonyl (C=O) groups excluding carboxylic acids is 1. The van der Waals surface area contributed by atoms with E-state index < -0.39 is 5.54 Å². The molecular weight excluding hydrogens is 426 g/mol. The third-order valence-electron chi connectivity index (χ3n) is 6.73. The van der Waals surface area contributed by atoms with Gasteiger partial charge in [-0.1, -0.05) is 60.7 Å². The second-order valence-electron chi connectivity index (χ2n) is 8.93. The normalized spacial score (nSPS) is 16.1. The van der Waals surface area contributed by atoms with Crippen molar-refractivity contribution in [3.8, 4) is 0 Å². The molecule has 5 rings (SSSR count). The van der Waals surface area contributed by atoms with Crippen LogP contribution < -0.4 is 4.90 Å². The second kappa shape index (κ2) is 9.08. The lowest BCUT2D eigenvalue weighted by Crippen LogP contribution is -2.55. The molecule has 1 amide bonds.